The fraction of sp³-hybridized carbons (Fsp3) is 0.188. The van der Waals surface area contributed by atoms with Gasteiger partial charge in [0, 0.05) is 12.2 Å². The van der Waals surface area contributed by atoms with Crippen LogP contribution in [0.2, 0.25) is 0 Å². The topological polar surface area (TPSA) is 70.0 Å². The summed E-state index contributed by atoms with van der Waals surface area (Å²) in [5, 5.41) is 12.1. The Hall–Kier alpha value is -2.32. The van der Waals surface area contributed by atoms with E-state index in [1.54, 1.807) is 37.3 Å². The van der Waals surface area contributed by atoms with Gasteiger partial charge in [0.25, 0.3) is 0 Å². The second kappa shape index (κ2) is 6.42. The van der Waals surface area contributed by atoms with E-state index in [2.05, 4.69) is 11.4 Å². The maximum absolute atomic E-state index is 11.7. The number of hydrogen-bond donors (Lipinski definition) is 1. The van der Waals surface area contributed by atoms with E-state index in [-0.39, 0.29) is 5.75 Å². The summed E-state index contributed by atoms with van der Waals surface area (Å²) in [5.41, 5.74) is 2.46. The Bertz CT molecular complexity index is 760. The lowest BCUT2D eigenvalue weighted by atomic mass is 10.1. The Labute approximate surface area is 125 Å². The molecule has 1 N–H and O–H groups in total. The van der Waals surface area contributed by atoms with Gasteiger partial charge in [-0.1, -0.05) is 19.1 Å². The van der Waals surface area contributed by atoms with E-state index < -0.39 is 9.84 Å². The third-order valence-corrected chi connectivity index (χ3v) is 4.90. The van der Waals surface area contributed by atoms with Crippen molar-refractivity contribution < 1.29 is 8.42 Å². The molecule has 0 spiro atoms. The maximum atomic E-state index is 11.7. The molecule has 2 rings (SSSR count). The third kappa shape index (κ3) is 3.83. The van der Waals surface area contributed by atoms with Crippen LogP contribution >= 0.6 is 0 Å². The number of rotatable bonds is 5. The summed E-state index contributed by atoms with van der Waals surface area (Å²) in [6.45, 7) is 2.21. The van der Waals surface area contributed by atoms with Gasteiger partial charge in [0.15, 0.2) is 9.84 Å². The molecule has 2 aromatic rings. The molecule has 0 fully saturated rings. The number of sulfone groups is 1. The van der Waals surface area contributed by atoms with Crippen molar-refractivity contribution in [3.8, 4) is 6.07 Å². The largest absolute Gasteiger partial charge is 0.381 e. The Morgan fingerprint density at radius 2 is 1.86 bits per heavy atom. The van der Waals surface area contributed by atoms with Gasteiger partial charge in [0.1, 0.15) is 0 Å². The van der Waals surface area contributed by atoms with Gasteiger partial charge in [0.05, 0.1) is 22.3 Å². The predicted octanol–water partition coefficient (Wildman–Crippen LogP) is 2.96. The van der Waals surface area contributed by atoms with E-state index >= 15 is 0 Å². The molecule has 0 aliphatic heterocycles. The normalized spacial score (nSPS) is 10.9. The summed E-state index contributed by atoms with van der Waals surface area (Å²) < 4.78 is 23.4. The minimum absolute atomic E-state index is 0.0979. The SMILES string of the molecule is CCS(=O)(=O)c1ccc(NCc2cccc(C#N)c2)cc1. The van der Waals surface area contributed by atoms with Gasteiger partial charge < -0.3 is 5.32 Å². The van der Waals surface area contributed by atoms with Crippen molar-refractivity contribution in [1.29, 1.82) is 5.26 Å². The highest BCUT2D eigenvalue weighted by molar-refractivity contribution is 7.91. The lowest BCUT2D eigenvalue weighted by molar-refractivity contribution is 0.597. The summed E-state index contributed by atoms with van der Waals surface area (Å²) in [6, 6.07) is 16.2. The highest BCUT2D eigenvalue weighted by atomic mass is 32.2. The molecule has 5 heteroatoms. The standard InChI is InChI=1S/C16H16N2O2S/c1-2-21(19,20)16-8-6-15(7-9-16)18-12-14-5-3-4-13(10-14)11-17/h3-10,18H,2,12H2,1H3. The molecule has 0 unspecified atom stereocenters. The van der Waals surface area contributed by atoms with E-state index in [0.29, 0.717) is 17.0 Å². The van der Waals surface area contributed by atoms with Crippen LogP contribution in [0.4, 0.5) is 5.69 Å². The molecule has 0 amide bonds. The fourth-order valence-electron chi connectivity index (χ4n) is 1.90. The summed E-state index contributed by atoms with van der Waals surface area (Å²) in [4.78, 5) is 0.335. The van der Waals surface area contributed by atoms with Crippen LogP contribution in [0.5, 0.6) is 0 Å². The van der Waals surface area contributed by atoms with Crippen LogP contribution in [0.15, 0.2) is 53.4 Å². The summed E-state index contributed by atoms with van der Waals surface area (Å²) in [5.74, 6) is 0.0979. The average molecular weight is 300 g/mol. The molecule has 108 valence electrons. The van der Waals surface area contributed by atoms with Gasteiger partial charge in [-0.3, -0.25) is 0 Å². The second-order valence-corrected chi connectivity index (χ2v) is 6.87. The number of nitriles is 1. The van der Waals surface area contributed by atoms with Crippen molar-refractivity contribution in [2.75, 3.05) is 11.1 Å². The third-order valence-electron chi connectivity index (χ3n) is 3.15. The van der Waals surface area contributed by atoms with Crippen LogP contribution in [0, 0.1) is 11.3 Å². The zero-order valence-electron chi connectivity index (χ0n) is 11.7. The summed E-state index contributed by atoms with van der Waals surface area (Å²) >= 11 is 0. The average Bonchev–Trinajstić information content (AvgIpc) is 2.53. The first-order valence-electron chi connectivity index (χ1n) is 6.61. The quantitative estimate of drug-likeness (QED) is 0.921. The van der Waals surface area contributed by atoms with Crippen molar-refractivity contribution in [3.05, 3.63) is 59.7 Å². The molecule has 0 saturated heterocycles. The van der Waals surface area contributed by atoms with Gasteiger partial charge in [0.2, 0.25) is 0 Å². The van der Waals surface area contributed by atoms with E-state index in [9.17, 15) is 8.42 Å². The molecule has 0 aliphatic rings. The first kappa shape index (κ1) is 15.1. The molecule has 0 aromatic heterocycles. The van der Waals surface area contributed by atoms with Crippen LogP contribution < -0.4 is 5.32 Å². The minimum Gasteiger partial charge on any atom is -0.381 e. The molecule has 0 saturated carbocycles. The molecule has 0 bridgehead atoms. The lowest BCUT2D eigenvalue weighted by Gasteiger charge is -2.08. The van der Waals surface area contributed by atoms with Gasteiger partial charge in [-0.05, 0) is 42.0 Å². The highest BCUT2D eigenvalue weighted by Crippen LogP contribution is 2.16. The summed E-state index contributed by atoms with van der Waals surface area (Å²) in [6.07, 6.45) is 0. The molecule has 21 heavy (non-hydrogen) atoms. The van der Waals surface area contributed by atoms with Crippen molar-refractivity contribution in [2.24, 2.45) is 0 Å². The molecule has 0 aliphatic carbocycles. The number of benzene rings is 2. The molecule has 0 radical (unpaired) electrons. The second-order valence-electron chi connectivity index (χ2n) is 4.59. The van der Waals surface area contributed by atoms with Gasteiger partial charge in [-0.25, -0.2) is 8.42 Å². The van der Waals surface area contributed by atoms with E-state index in [0.717, 1.165) is 11.3 Å². The van der Waals surface area contributed by atoms with E-state index in [1.807, 2.05) is 18.2 Å². The predicted molar refractivity (Wildman–Crippen MR) is 82.7 cm³/mol. The molecule has 0 heterocycles. The Morgan fingerprint density at radius 1 is 1.14 bits per heavy atom. The number of hydrogen-bond acceptors (Lipinski definition) is 4. The Morgan fingerprint density at radius 3 is 2.48 bits per heavy atom. The van der Waals surface area contributed by atoms with E-state index in [4.69, 9.17) is 5.26 Å². The van der Waals surface area contributed by atoms with Crippen molar-refractivity contribution in [3.63, 3.8) is 0 Å². The van der Waals surface area contributed by atoms with E-state index in [1.165, 1.54) is 0 Å². The van der Waals surface area contributed by atoms with Crippen LogP contribution in [0.1, 0.15) is 18.1 Å². The molecule has 4 nitrogen and oxygen atoms in total. The lowest BCUT2D eigenvalue weighted by Crippen LogP contribution is -2.04. The van der Waals surface area contributed by atoms with Crippen LogP contribution in [0.25, 0.3) is 0 Å². The van der Waals surface area contributed by atoms with Crippen molar-refractivity contribution >= 4 is 15.5 Å². The fourth-order valence-corrected chi connectivity index (χ4v) is 2.79. The molecular formula is C16H16N2O2S. The summed E-state index contributed by atoms with van der Waals surface area (Å²) in [7, 11) is -3.15. The zero-order chi connectivity index (χ0) is 15.3. The Kier molecular flexibility index (Phi) is 4.61. The Balaban J connectivity index is 2.06. The van der Waals surface area contributed by atoms with Crippen LogP contribution in [-0.4, -0.2) is 14.2 Å². The van der Waals surface area contributed by atoms with Crippen molar-refractivity contribution in [1.82, 2.24) is 0 Å². The zero-order valence-corrected chi connectivity index (χ0v) is 12.5. The molecule has 2 aromatic carbocycles. The number of anilines is 1. The van der Waals surface area contributed by atoms with Crippen molar-refractivity contribution in [2.45, 2.75) is 18.4 Å². The van der Waals surface area contributed by atoms with Gasteiger partial charge in [-0.2, -0.15) is 5.26 Å². The van der Waals surface area contributed by atoms with Crippen LogP contribution in [0.3, 0.4) is 0 Å². The molecular weight excluding hydrogens is 284 g/mol. The maximum Gasteiger partial charge on any atom is 0.178 e. The smallest absolute Gasteiger partial charge is 0.178 e. The highest BCUT2D eigenvalue weighted by Gasteiger charge is 2.10. The molecule has 0 atom stereocenters. The van der Waals surface area contributed by atoms with Crippen LogP contribution in [-0.2, 0) is 16.4 Å². The first-order chi connectivity index (χ1) is 10.0. The monoisotopic (exact) mass is 300 g/mol. The van der Waals surface area contributed by atoms with Gasteiger partial charge >= 0.3 is 0 Å². The number of nitrogens with one attached hydrogen (secondary N) is 1. The van der Waals surface area contributed by atoms with Gasteiger partial charge in [-0.15, -0.1) is 0 Å². The first-order valence-corrected chi connectivity index (χ1v) is 8.26. The number of nitrogens with zero attached hydrogens (tertiary/aromatic N) is 1. The minimum atomic E-state index is -3.15.